The zero-order chi connectivity index (χ0) is 15.5. The number of fused-ring (bicyclic) bond motifs is 1. The van der Waals surface area contributed by atoms with Crippen LogP contribution in [0.2, 0.25) is 0 Å². The van der Waals surface area contributed by atoms with Gasteiger partial charge in [0.2, 0.25) is 11.7 Å². The van der Waals surface area contributed by atoms with Crippen LogP contribution in [-0.2, 0) is 4.79 Å². The third kappa shape index (κ3) is 2.62. The van der Waals surface area contributed by atoms with Gasteiger partial charge in [0.1, 0.15) is 17.0 Å². The summed E-state index contributed by atoms with van der Waals surface area (Å²) in [4.78, 5) is 23.5. The van der Waals surface area contributed by atoms with Crippen LogP contribution in [-0.4, -0.2) is 11.8 Å². The number of para-hydroxylation sites is 1. The van der Waals surface area contributed by atoms with Gasteiger partial charge in [0.05, 0.1) is 6.26 Å². The molecular formula is C16H12N2O4. The molecule has 3 N–H and O–H groups in total. The molecule has 2 amide bonds. The Morgan fingerprint density at radius 2 is 1.95 bits per heavy atom. The minimum atomic E-state index is -0.749. The first-order valence-electron chi connectivity index (χ1n) is 6.49. The fraction of sp³-hybridized carbons (Fsp3) is 0. The van der Waals surface area contributed by atoms with E-state index in [-0.39, 0.29) is 11.4 Å². The number of hydrogen-bond acceptors (Lipinski definition) is 4. The van der Waals surface area contributed by atoms with Gasteiger partial charge in [-0.2, -0.15) is 0 Å². The molecule has 22 heavy (non-hydrogen) atoms. The molecule has 0 aliphatic rings. The van der Waals surface area contributed by atoms with Gasteiger partial charge in [0, 0.05) is 11.5 Å². The first kappa shape index (κ1) is 13.7. The number of nitrogens with one attached hydrogen (secondary N) is 1. The molecule has 0 spiro atoms. The Balaban J connectivity index is 1.91. The Bertz CT molecular complexity index is 860. The smallest absolute Gasteiger partial charge is 0.286 e. The van der Waals surface area contributed by atoms with Crippen molar-refractivity contribution in [2.24, 2.45) is 5.73 Å². The molecule has 2 aromatic heterocycles. The highest BCUT2D eigenvalue weighted by molar-refractivity contribution is 6.13. The van der Waals surface area contributed by atoms with Crippen LogP contribution in [0.4, 0.5) is 5.69 Å². The van der Waals surface area contributed by atoms with Gasteiger partial charge < -0.3 is 19.9 Å². The van der Waals surface area contributed by atoms with Gasteiger partial charge in [-0.1, -0.05) is 12.1 Å². The van der Waals surface area contributed by atoms with Crippen LogP contribution in [0.5, 0.6) is 0 Å². The van der Waals surface area contributed by atoms with E-state index in [1.807, 2.05) is 0 Å². The number of benzene rings is 1. The average Bonchev–Trinajstić information content (AvgIpc) is 3.13. The lowest BCUT2D eigenvalue weighted by molar-refractivity contribution is -0.111. The Morgan fingerprint density at radius 1 is 1.14 bits per heavy atom. The summed E-state index contributed by atoms with van der Waals surface area (Å²) in [6.45, 7) is 0. The molecule has 3 aromatic rings. The van der Waals surface area contributed by atoms with Crippen LogP contribution in [0.3, 0.4) is 0 Å². The molecule has 110 valence electrons. The average molecular weight is 296 g/mol. The van der Waals surface area contributed by atoms with Crippen molar-refractivity contribution in [3.05, 3.63) is 60.3 Å². The van der Waals surface area contributed by atoms with E-state index >= 15 is 0 Å². The van der Waals surface area contributed by atoms with Crippen LogP contribution >= 0.6 is 0 Å². The number of primary amides is 1. The molecule has 0 radical (unpaired) electrons. The van der Waals surface area contributed by atoms with Crippen molar-refractivity contribution >= 4 is 34.5 Å². The van der Waals surface area contributed by atoms with E-state index in [2.05, 4.69) is 5.32 Å². The number of furan rings is 2. The fourth-order valence-electron chi connectivity index (χ4n) is 2.05. The fourth-order valence-corrected chi connectivity index (χ4v) is 2.05. The lowest BCUT2D eigenvalue weighted by Gasteiger charge is -2.01. The molecular weight excluding hydrogens is 284 g/mol. The standard InChI is InChI=1S/C16H12N2O4/c17-16(20)15-14(11-5-1-2-6-12(11)22-15)18-13(19)8-7-10-4-3-9-21-10/h1-9H,(H2,17,20)(H,18,19). The molecule has 0 unspecified atom stereocenters. The number of nitrogens with two attached hydrogens (primary N) is 1. The summed E-state index contributed by atoms with van der Waals surface area (Å²) in [7, 11) is 0. The number of hydrogen-bond donors (Lipinski definition) is 2. The first-order chi connectivity index (χ1) is 10.6. The summed E-state index contributed by atoms with van der Waals surface area (Å²) in [6.07, 6.45) is 4.32. The second-order valence-corrected chi connectivity index (χ2v) is 4.50. The summed E-state index contributed by atoms with van der Waals surface area (Å²) in [5.74, 6) is -0.713. The van der Waals surface area contributed by atoms with E-state index in [0.29, 0.717) is 16.7 Å². The monoisotopic (exact) mass is 296 g/mol. The van der Waals surface area contributed by atoms with Crippen molar-refractivity contribution in [1.29, 1.82) is 0 Å². The van der Waals surface area contributed by atoms with E-state index in [1.165, 1.54) is 18.4 Å². The molecule has 0 saturated carbocycles. The van der Waals surface area contributed by atoms with Crippen LogP contribution < -0.4 is 11.1 Å². The Labute approximate surface area is 125 Å². The summed E-state index contributed by atoms with van der Waals surface area (Å²) in [6, 6.07) is 10.4. The Hall–Kier alpha value is -3.28. The van der Waals surface area contributed by atoms with Crippen molar-refractivity contribution in [2.75, 3.05) is 5.32 Å². The normalized spacial score (nSPS) is 11.1. The highest BCUT2D eigenvalue weighted by Gasteiger charge is 2.19. The van der Waals surface area contributed by atoms with Gasteiger partial charge in [-0.15, -0.1) is 0 Å². The molecule has 3 rings (SSSR count). The molecule has 1 aromatic carbocycles. The molecule has 0 aliphatic carbocycles. The van der Waals surface area contributed by atoms with E-state index in [9.17, 15) is 9.59 Å². The van der Waals surface area contributed by atoms with Gasteiger partial charge in [0.25, 0.3) is 5.91 Å². The van der Waals surface area contributed by atoms with Crippen LogP contribution in [0, 0.1) is 0 Å². The van der Waals surface area contributed by atoms with Gasteiger partial charge in [-0.05, 0) is 30.3 Å². The van der Waals surface area contributed by atoms with Gasteiger partial charge in [-0.3, -0.25) is 9.59 Å². The summed E-state index contributed by atoms with van der Waals surface area (Å²) in [5, 5.41) is 3.22. The first-order valence-corrected chi connectivity index (χ1v) is 6.49. The molecule has 2 heterocycles. The molecule has 6 nitrogen and oxygen atoms in total. The highest BCUT2D eigenvalue weighted by Crippen LogP contribution is 2.30. The summed E-state index contributed by atoms with van der Waals surface area (Å²) >= 11 is 0. The quantitative estimate of drug-likeness (QED) is 0.723. The van der Waals surface area contributed by atoms with E-state index in [1.54, 1.807) is 36.4 Å². The third-order valence-electron chi connectivity index (χ3n) is 3.01. The highest BCUT2D eigenvalue weighted by atomic mass is 16.3. The van der Waals surface area contributed by atoms with Crippen molar-refractivity contribution < 1.29 is 18.4 Å². The second kappa shape index (κ2) is 5.61. The number of anilines is 1. The Morgan fingerprint density at radius 3 is 2.68 bits per heavy atom. The largest absolute Gasteiger partial charge is 0.465 e. The van der Waals surface area contributed by atoms with Crippen molar-refractivity contribution in [3.63, 3.8) is 0 Å². The predicted octanol–water partition coefficient (Wildman–Crippen LogP) is 2.78. The molecule has 6 heteroatoms. The molecule has 0 bridgehead atoms. The summed E-state index contributed by atoms with van der Waals surface area (Å²) in [5.41, 5.74) is 6.02. The minimum absolute atomic E-state index is 0.0825. The van der Waals surface area contributed by atoms with Crippen molar-refractivity contribution in [2.45, 2.75) is 0 Å². The van der Waals surface area contributed by atoms with Crippen LogP contribution in [0.1, 0.15) is 16.3 Å². The number of carbonyl (C=O) groups excluding carboxylic acids is 2. The van der Waals surface area contributed by atoms with Gasteiger partial charge >= 0.3 is 0 Å². The van der Waals surface area contributed by atoms with E-state index in [0.717, 1.165) is 0 Å². The van der Waals surface area contributed by atoms with Crippen molar-refractivity contribution in [3.8, 4) is 0 Å². The molecule has 0 atom stereocenters. The maximum atomic E-state index is 12.0. The van der Waals surface area contributed by atoms with Gasteiger partial charge in [0.15, 0.2) is 0 Å². The second-order valence-electron chi connectivity index (χ2n) is 4.50. The zero-order valence-electron chi connectivity index (χ0n) is 11.4. The molecule has 0 aliphatic heterocycles. The SMILES string of the molecule is NC(=O)c1oc2ccccc2c1NC(=O)C=Cc1ccco1. The summed E-state index contributed by atoms with van der Waals surface area (Å²) < 4.78 is 10.5. The predicted molar refractivity (Wildman–Crippen MR) is 81.1 cm³/mol. The lowest BCUT2D eigenvalue weighted by Crippen LogP contribution is -2.15. The van der Waals surface area contributed by atoms with Gasteiger partial charge in [-0.25, -0.2) is 0 Å². The lowest BCUT2D eigenvalue weighted by atomic mass is 10.2. The van der Waals surface area contributed by atoms with E-state index in [4.69, 9.17) is 14.6 Å². The van der Waals surface area contributed by atoms with Crippen molar-refractivity contribution in [1.82, 2.24) is 0 Å². The number of amides is 2. The maximum Gasteiger partial charge on any atom is 0.286 e. The van der Waals surface area contributed by atoms with Crippen LogP contribution in [0.25, 0.3) is 17.0 Å². The Kier molecular flexibility index (Phi) is 3.49. The topological polar surface area (TPSA) is 98.5 Å². The molecule has 0 saturated heterocycles. The van der Waals surface area contributed by atoms with Crippen LogP contribution in [0.15, 0.2) is 57.6 Å². The third-order valence-corrected chi connectivity index (χ3v) is 3.01. The number of carbonyl (C=O) groups is 2. The molecule has 0 fully saturated rings. The van der Waals surface area contributed by atoms with E-state index < -0.39 is 11.8 Å². The zero-order valence-corrected chi connectivity index (χ0v) is 11.4. The maximum absolute atomic E-state index is 12.0. The minimum Gasteiger partial charge on any atom is -0.465 e. The number of rotatable bonds is 4.